The Bertz CT molecular complexity index is 329. The van der Waals surface area contributed by atoms with Crippen molar-refractivity contribution in [2.24, 2.45) is 5.92 Å². The van der Waals surface area contributed by atoms with Crippen LogP contribution in [0.4, 0.5) is 0 Å². The lowest BCUT2D eigenvalue weighted by molar-refractivity contribution is 0.245. The molecule has 1 aromatic rings. The summed E-state index contributed by atoms with van der Waals surface area (Å²) in [6, 6.07) is 0.266. The number of hydrogen-bond acceptors (Lipinski definition) is 5. The van der Waals surface area contributed by atoms with Crippen LogP contribution in [0.25, 0.3) is 0 Å². The smallest absolute Gasteiger partial charge is 0.243 e. The molecule has 1 fully saturated rings. The molecule has 1 saturated heterocycles. The monoisotopic (exact) mass is 241 g/mol. The van der Waals surface area contributed by atoms with Gasteiger partial charge in [0.05, 0.1) is 11.8 Å². The van der Waals surface area contributed by atoms with Crippen LogP contribution in [0, 0.1) is 5.92 Å². The van der Waals surface area contributed by atoms with Crippen LogP contribution in [0.5, 0.6) is 0 Å². The molecule has 2 heterocycles. The van der Waals surface area contributed by atoms with Crippen LogP contribution < -0.4 is 5.32 Å². The third-order valence-corrected chi connectivity index (χ3v) is 3.69. The summed E-state index contributed by atoms with van der Waals surface area (Å²) < 4.78 is 5.31. The number of rotatable bonds is 4. The molecule has 1 aliphatic heterocycles. The molecule has 2 unspecified atom stereocenters. The molecule has 0 aliphatic carbocycles. The standard InChI is InChI=1S/C11H19N3OS/c1-3-8-4-5-12-9(6-8)11-13-10(7-16-2)14-15-11/h8-9,12H,3-7H2,1-2H3. The molecule has 5 heteroatoms. The molecule has 0 saturated carbocycles. The van der Waals surface area contributed by atoms with Crippen molar-refractivity contribution in [3.63, 3.8) is 0 Å². The van der Waals surface area contributed by atoms with Crippen molar-refractivity contribution in [3.05, 3.63) is 11.7 Å². The third-order valence-electron chi connectivity index (χ3n) is 3.15. The van der Waals surface area contributed by atoms with Crippen molar-refractivity contribution < 1.29 is 4.52 Å². The molecule has 2 rings (SSSR count). The Morgan fingerprint density at radius 1 is 1.56 bits per heavy atom. The summed E-state index contributed by atoms with van der Waals surface area (Å²) in [6.45, 7) is 3.31. The molecule has 0 spiro atoms. The van der Waals surface area contributed by atoms with E-state index in [2.05, 4.69) is 22.4 Å². The Kier molecular flexibility index (Phi) is 4.23. The Hall–Kier alpha value is -0.550. The van der Waals surface area contributed by atoms with Gasteiger partial charge in [-0.2, -0.15) is 16.7 Å². The van der Waals surface area contributed by atoms with E-state index in [1.54, 1.807) is 11.8 Å². The first-order valence-electron chi connectivity index (χ1n) is 5.88. The van der Waals surface area contributed by atoms with Crippen LogP contribution in [0.1, 0.15) is 43.9 Å². The summed E-state index contributed by atoms with van der Waals surface area (Å²) in [5, 5.41) is 7.44. The van der Waals surface area contributed by atoms with Gasteiger partial charge in [-0.05, 0) is 31.6 Å². The zero-order chi connectivity index (χ0) is 11.4. The molecule has 0 amide bonds. The number of hydrogen-bond donors (Lipinski definition) is 1. The van der Waals surface area contributed by atoms with E-state index in [1.807, 2.05) is 6.26 Å². The molecule has 16 heavy (non-hydrogen) atoms. The van der Waals surface area contributed by atoms with Gasteiger partial charge >= 0.3 is 0 Å². The third kappa shape index (κ3) is 2.77. The van der Waals surface area contributed by atoms with Crippen molar-refractivity contribution in [2.45, 2.75) is 38.0 Å². The second-order valence-corrected chi connectivity index (χ2v) is 5.15. The Labute approximate surface area is 101 Å². The van der Waals surface area contributed by atoms with E-state index in [9.17, 15) is 0 Å². The molecule has 0 radical (unpaired) electrons. The van der Waals surface area contributed by atoms with Gasteiger partial charge < -0.3 is 9.84 Å². The van der Waals surface area contributed by atoms with Crippen LogP contribution in [0.3, 0.4) is 0 Å². The highest BCUT2D eigenvalue weighted by Gasteiger charge is 2.25. The summed E-state index contributed by atoms with van der Waals surface area (Å²) in [5.74, 6) is 3.19. The molecule has 0 aromatic carbocycles. The predicted octanol–water partition coefficient (Wildman–Crippen LogP) is 2.38. The first-order chi connectivity index (χ1) is 7.83. The first-order valence-corrected chi connectivity index (χ1v) is 7.27. The van der Waals surface area contributed by atoms with E-state index >= 15 is 0 Å². The average molecular weight is 241 g/mol. The second kappa shape index (κ2) is 5.68. The Morgan fingerprint density at radius 3 is 3.19 bits per heavy atom. The number of piperidine rings is 1. The minimum Gasteiger partial charge on any atom is -0.338 e. The van der Waals surface area contributed by atoms with Crippen molar-refractivity contribution in [3.8, 4) is 0 Å². The van der Waals surface area contributed by atoms with Crippen molar-refractivity contribution in [2.75, 3.05) is 12.8 Å². The predicted molar refractivity (Wildman–Crippen MR) is 65.3 cm³/mol. The number of nitrogens with zero attached hydrogens (tertiary/aromatic N) is 2. The summed E-state index contributed by atoms with van der Waals surface area (Å²) in [5.41, 5.74) is 0. The quantitative estimate of drug-likeness (QED) is 0.877. The van der Waals surface area contributed by atoms with Gasteiger partial charge in [-0.25, -0.2) is 0 Å². The maximum atomic E-state index is 5.31. The van der Waals surface area contributed by atoms with Gasteiger partial charge in [0.15, 0.2) is 5.82 Å². The summed E-state index contributed by atoms with van der Waals surface area (Å²) in [4.78, 5) is 4.43. The van der Waals surface area contributed by atoms with E-state index in [-0.39, 0.29) is 6.04 Å². The Morgan fingerprint density at radius 2 is 2.44 bits per heavy atom. The highest BCUT2D eigenvalue weighted by molar-refractivity contribution is 7.97. The zero-order valence-corrected chi connectivity index (χ0v) is 10.7. The largest absolute Gasteiger partial charge is 0.338 e. The molecular weight excluding hydrogens is 222 g/mol. The molecule has 1 aliphatic rings. The van der Waals surface area contributed by atoms with E-state index in [1.165, 1.54) is 12.8 Å². The van der Waals surface area contributed by atoms with Gasteiger partial charge in [0.1, 0.15) is 0 Å². The summed E-state index contributed by atoms with van der Waals surface area (Å²) in [6.07, 6.45) is 5.67. The van der Waals surface area contributed by atoms with E-state index in [4.69, 9.17) is 4.52 Å². The fraction of sp³-hybridized carbons (Fsp3) is 0.818. The van der Waals surface area contributed by atoms with E-state index in [0.29, 0.717) is 0 Å². The van der Waals surface area contributed by atoms with Crippen LogP contribution >= 0.6 is 11.8 Å². The Balaban J connectivity index is 1.99. The molecule has 2 atom stereocenters. The second-order valence-electron chi connectivity index (χ2n) is 4.29. The first kappa shape index (κ1) is 11.9. The summed E-state index contributed by atoms with van der Waals surface area (Å²) in [7, 11) is 0. The fourth-order valence-corrected chi connectivity index (χ4v) is 2.53. The van der Waals surface area contributed by atoms with Gasteiger partial charge in [-0.1, -0.05) is 18.5 Å². The molecule has 0 bridgehead atoms. The number of thioether (sulfide) groups is 1. The molecule has 1 aromatic heterocycles. The molecular formula is C11H19N3OS. The van der Waals surface area contributed by atoms with Crippen LogP contribution in [0.15, 0.2) is 4.52 Å². The van der Waals surface area contributed by atoms with Crippen LogP contribution in [-0.2, 0) is 5.75 Å². The van der Waals surface area contributed by atoms with Gasteiger partial charge in [0.2, 0.25) is 5.89 Å². The lowest BCUT2D eigenvalue weighted by Gasteiger charge is -2.27. The highest BCUT2D eigenvalue weighted by Crippen LogP contribution is 2.28. The van der Waals surface area contributed by atoms with Gasteiger partial charge in [0.25, 0.3) is 0 Å². The SMILES string of the molecule is CCC1CCNC(c2nc(CSC)no2)C1. The van der Waals surface area contributed by atoms with Crippen molar-refractivity contribution in [1.29, 1.82) is 0 Å². The number of nitrogens with one attached hydrogen (secondary N) is 1. The summed E-state index contributed by atoms with van der Waals surface area (Å²) >= 11 is 1.71. The fourth-order valence-electron chi connectivity index (χ4n) is 2.15. The molecule has 4 nitrogen and oxygen atoms in total. The molecule has 90 valence electrons. The van der Waals surface area contributed by atoms with Crippen LogP contribution in [0.2, 0.25) is 0 Å². The minimum atomic E-state index is 0.266. The lowest BCUT2D eigenvalue weighted by Crippen LogP contribution is -2.31. The maximum Gasteiger partial charge on any atom is 0.243 e. The van der Waals surface area contributed by atoms with Gasteiger partial charge in [-0.15, -0.1) is 0 Å². The minimum absolute atomic E-state index is 0.266. The maximum absolute atomic E-state index is 5.31. The topological polar surface area (TPSA) is 51.0 Å². The van der Waals surface area contributed by atoms with Crippen LogP contribution in [-0.4, -0.2) is 22.9 Å². The normalized spacial score (nSPS) is 25.9. The van der Waals surface area contributed by atoms with E-state index in [0.717, 1.165) is 36.4 Å². The molecule has 1 N–H and O–H groups in total. The average Bonchev–Trinajstić information content (AvgIpc) is 2.78. The van der Waals surface area contributed by atoms with Crippen molar-refractivity contribution in [1.82, 2.24) is 15.5 Å². The van der Waals surface area contributed by atoms with Crippen molar-refractivity contribution >= 4 is 11.8 Å². The number of aromatic nitrogens is 2. The van der Waals surface area contributed by atoms with Gasteiger partial charge in [-0.3, -0.25) is 0 Å². The van der Waals surface area contributed by atoms with E-state index < -0.39 is 0 Å². The zero-order valence-electron chi connectivity index (χ0n) is 9.90. The lowest BCUT2D eigenvalue weighted by atomic mass is 9.90. The highest BCUT2D eigenvalue weighted by atomic mass is 32.2. The van der Waals surface area contributed by atoms with Gasteiger partial charge in [0, 0.05) is 0 Å².